The first-order chi connectivity index (χ1) is 10.3. The van der Waals surface area contributed by atoms with Gasteiger partial charge in [-0.1, -0.05) is 6.07 Å². The molecule has 5 heteroatoms. The van der Waals surface area contributed by atoms with E-state index < -0.39 is 0 Å². The monoisotopic (exact) mass is 287 g/mol. The first-order valence-corrected chi connectivity index (χ1v) is 7.51. The van der Waals surface area contributed by atoms with Crippen LogP contribution in [-0.4, -0.2) is 38.0 Å². The molecule has 2 N–H and O–H groups in total. The standard InChI is InChI=1S/C16H21N3O2/c1-21-13-5-2-11-6-8-17-15(14(11)10-13)7-9-18-16(20)19-12-3-4-12/h2,5,10,12H,3-4,6-9H2,1H3,(H2,18,19,20). The summed E-state index contributed by atoms with van der Waals surface area (Å²) in [6.07, 6.45) is 3.93. The van der Waals surface area contributed by atoms with Crippen LogP contribution in [0.1, 0.15) is 30.4 Å². The quantitative estimate of drug-likeness (QED) is 0.868. The summed E-state index contributed by atoms with van der Waals surface area (Å²) in [6, 6.07) is 6.46. The number of methoxy groups -OCH3 is 1. The van der Waals surface area contributed by atoms with Crippen LogP contribution < -0.4 is 15.4 Å². The van der Waals surface area contributed by atoms with E-state index >= 15 is 0 Å². The summed E-state index contributed by atoms with van der Waals surface area (Å²) < 4.78 is 5.29. The lowest BCUT2D eigenvalue weighted by Gasteiger charge is -2.18. The number of hydrogen-bond acceptors (Lipinski definition) is 3. The predicted molar refractivity (Wildman–Crippen MR) is 82.3 cm³/mol. The molecule has 0 atom stereocenters. The molecule has 21 heavy (non-hydrogen) atoms. The summed E-state index contributed by atoms with van der Waals surface area (Å²) in [6.45, 7) is 1.43. The third-order valence-corrected chi connectivity index (χ3v) is 3.87. The molecular formula is C16H21N3O2. The lowest BCUT2D eigenvalue weighted by molar-refractivity contribution is 0.241. The Bertz CT molecular complexity index is 565. The summed E-state index contributed by atoms with van der Waals surface area (Å²) in [5.41, 5.74) is 3.52. The molecule has 0 bridgehead atoms. The average Bonchev–Trinajstić information content (AvgIpc) is 3.31. The SMILES string of the molecule is COc1ccc2c(c1)C(CCNC(=O)NC1CC1)=NCC2. The second-order valence-corrected chi connectivity index (χ2v) is 5.53. The number of carbonyl (C=O) groups excluding carboxylic acids is 1. The van der Waals surface area contributed by atoms with Crippen LogP contribution in [0.25, 0.3) is 0 Å². The summed E-state index contributed by atoms with van der Waals surface area (Å²) in [7, 11) is 1.67. The van der Waals surface area contributed by atoms with Crippen molar-refractivity contribution < 1.29 is 9.53 Å². The van der Waals surface area contributed by atoms with Gasteiger partial charge in [-0.05, 0) is 37.0 Å². The Kier molecular flexibility index (Phi) is 4.08. The number of ether oxygens (including phenoxy) is 1. The van der Waals surface area contributed by atoms with Crippen molar-refractivity contribution in [3.05, 3.63) is 29.3 Å². The zero-order chi connectivity index (χ0) is 14.7. The number of nitrogens with zero attached hydrogens (tertiary/aromatic N) is 1. The van der Waals surface area contributed by atoms with E-state index in [1.54, 1.807) is 7.11 Å². The van der Waals surface area contributed by atoms with Crippen LogP contribution in [0.3, 0.4) is 0 Å². The number of benzene rings is 1. The lowest BCUT2D eigenvalue weighted by atomic mass is 9.95. The topological polar surface area (TPSA) is 62.7 Å². The Balaban J connectivity index is 1.58. The van der Waals surface area contributed by atoms with E-state index in [0.717, 1.165) is 49.3 Å². The minimum atomic E-state index is -0.0697. The zero-order valence-corrected chi connectivity index (χ0v) is 12.3. The van der Waals surface area contributed by atoms with Crippen LogP contribution in [0.5, 0.6) is 5.75 Å². The van der Waals surface area contributed by atoms with Crippen LogP contribution in [0, 0.1) is 0 Å². The highest BCUT2D eigenvalue weighted by atomic mass is 16.5. The van der Waals surface area contributed by atoms with Gasteiger partial charge in [0, 0.05) is 36.8 Å². The number of fused-ring (bicyclic) bond motifs is 1. The Labute approximate surface area is 124 Å². The van der Waals surface area contributed by atoms with Gasteiger partial charge in [0.25, 0.3) is 0 Å². The molecule has 0 aromatic heterocycles. The molecule has 0 spiro atoms. The van der Waals surface area contributed by atoms with E-state index in [2.05, 4.69) is 21.7 Å². The minimum absolute atomic E-state index is 0.0697. The predicted octanol–water partition coefficient (Wildman–Crippen LogP) is 1.89. The van der Waals surface area contributed by atoms with Gasteiger partial charge in [0.2, 0.25) is 0 Å². The molecular weight excluding hydrogens is 266 g/mol. The smallest absolute Gasteiger partial charge is 0.315 e. The molecule has 112 valence electrons. The number of urea groups is 1. The van der Waals surface area contributed by atoms with Gasteiger partial charge in [0.05, 0.1) is 7.11 Å². The second-order valence-electron chi connectivity index (χ2n) is 5.53. The molecule has 1 aromatic rings. The molecule has 2 amide bonds. The summed E-state index contributed by atoms with van der Waals surface area (Å²) >= 11 is 0. The molecule has 1 saturated carbocycles. The molecule has 0 saturated heterocycles. The molecule has 1 aliphatic carbocycles. The summed E-state index contributed by atoms with van der Waals surface area (Å²) in [5, 5.41) is 5.82. The van der Waals surface area contributed by atoms with Crippen LogP contribution in [-0.2, 0) is 6.42 Å². The highest BCUT2D eigenvalue weighted by Crippen LogP contribution is 2.23. The maximum Gasteiger partial charge on any atom is 0.315 e. The third-order valence-electron chi connectivity index (χ3n) is 3.87. The van der Waals surface area contributed by atoms with Crippen molar-refractivity contribution in [3.8, 4) is 5.75 Å². The Hall–Kier alpha value is -2.04. The van der Waals surface area contributed by atoms with E-state index in [4.69, 9.17) is 4.74 Å². The number of hydrogen-bond donors (Lipinski definition) is 2. The number of nitrogens with one attached hydrogen (secondary N) is 2. The molecule has 1 aromatic carbocycles. The van der Waals surface area contributed by atoms with Crippen molar-refractivity contribution in [1.82, 2.24) is 10.6 Å². The highest BCUT2D eigenvalue weighted by molar-refractivity contribution is 6.03. The lowest BCUT2D eigenvalue weighted by Crippen LogP contribution is -2.38. The Morgan fingerprint density at radius 1 is 1.43 bits per heavy atom. The summed E-state index contributed by atoms with van der Waals surface area (Å²) in [5.74, 6) is 0.850. The molecule has 1 aliphatic heterocycles. The van der Waals surface area contributed by atoms with E-state index in [1.807, 2.05) is 12.1 Å². The summed E-state index contributed by atoms with van der Waals surface area (Å²) in [4.78, 5) is 16.2. The van der Waals surface area contributed by atoms with Gasteiger partial charge in [0.1, 0.15) is 5.75 Å². The van der Waals surface area contributed by atoms with Gasteiger partial charge >= 0.3 is 6.03 Å². The maximum absolute atomic E-state index is 11.6. The highest BCUT2D eigenvalue weighted by Gasteiger charge is 2.23. The molecule has 1 heterocycles. The third kappa shape index (κ3) is 3.54. The Morgan fingerprint density at radius 3 is 3.05 bits per heavy atom. The number of rotatable bonds is 5. The molecule has 2 aliphatic rings. The molecule has 1 fully saturated rings. The van der Waals surface area contributed by atoms with Gasteiger partial charge in [-0.2, -0.15) is 0 Å². The van der Waals surface area contributed by atoms with Gasteiger partial charge in [-0.25, -0.2) is 4.79 Å². The second kappa shape index (κ2) is 6.16. The fourth-order valence-electron chi connectivity index (χ4n) is 2.54. The number of aliphatic imine (C=N–C) groups is 1. The van der Waals surface area contributed by atoms with Crippen LogP contribution in [0.15, 0.2) is 23.2 Å². The Morgan fingerprint density at radius 2 is 2.29 bits per heavy atom. The van der Waals surface area contributed by atoms with Gasteiger partial charge in [-0.3, -0.25) is 4.99 Å². The van der Waals surface area contributed by atoms with Crippen molar-refractivity contribution >= 4 is 11.7 Å². The van der Waals surface area contributed by atoms with E-state index in [0.29, 0.717) is 12.6 Å². The largest absolute Gasteiger partial charge is 0.497 e. The molecule has 0 unspecified atom stereocenters. The van der Waals surface area contributed by atoms with Crippen LogP contribution in [0.4, 0.5) is 4.79 Å². The minimum Gasteiger partial charge on any atom is -0.497 e. The van der Waals surface area contributed by atoms with Gasteiger partial charge < -0.3 is 15.4 Å². The van der Waals surface area contributed by atoms with Crippen molar-refractivity contribution in [2.24, 2.45) is 4.99 Å². The maximum atomic E-state index is 11.6. The fourth-order valence-corrected chi connectivity index (χ4v) is 2.54. The fraction of sp³-hybridized carbons (Fsp3) is 0.500. The molecule has 5 nitrogen and oxygen atoms in total. The molecule has 0 radical (unpaired) electrons. The van der Waals surface area contributed by atoms with Crippen molar-refractivity contribution in [2.45, 2.75) is 31.7 Å². The van der Waals surface area contributed by atoms with E-state index in [1.165, 1.54) is 5.56 Å². The van der Waals surface area contributed by atoms with E-state index in [-0.39, 0.29) is 6.03 Å². The van der Waals surface area contributed by atoms with Gasteiger partial charge in [0.15, 0.2) is 0 Å². The first-order valence-electron chi connectivity index (χ1n) is 7.51. The number of amides is 2. The van der Waals surface area contributed by atoms with E-state index in [9.17, 15) is 4.79 Å². The van der Waals surface area contributed by atoms with Crippen molar-refractivity contribution in [2.75, 3.05) is 20.2 Å². The molecule has 3 rings (SSSR count). The van der Waals surface area contributed by atoms with Gasteiger partial charge in [-0.15, -0.1) is 0 Å². The number of carbonyl (C=O) groups is 1. The van der Waals surface area contributed by atoms with Crippen LogP contribution >= 0.6 is 0 Å². The zero-order valence-electron chi connectivity index (χ0n) is 12.3. The first kappa shape index (κ1) is 13.9. The van der Waals surface area contributed by atoms with Crippen molar-refractivity contribution in [3.63, 3.8) is 0 Å². The van der Waals surface area contributed by atoms with Crippen LogP contribution in [0.2, 0.25) is 0 Å². The average molecular weight is 287 g/mol. The van der Waals surface area contributed by atoms with Crippen molar-refractivity contribution in [1.29, 1.82) is 0 Å². The normalized spacial score (nSPS) is 16.7.